The molecule has 0 fully saturated rings. The summed E-state index contributed by atoms with van der Waals surface area (Å²) in [6.45, 7) is 6.25. The molecule has 1 atom stereocenters. The predicted octanol–water partition coefficient (Wildman–Crippen LogP) is 2.67. The van der Waals surface area contributed by atoms with E-state index < -0.39 is 11.7 Å². The first-order chi connectivity index (χ1) is 8.07. The van der Waals surface area contributed by atoms with Crippen LogP contribution in [0, 0.1) is 0 Å². The van der Waals surface area contributed by atoms with Crippen molar-refractivity contribution in [3.05, 3.63) is 29.8 Å². The van der Waals surface area contributed by atoms with Crippen molar-refractivity contribution >= 4 is 0 Å². The Labute approximate surface area is 103 Å². The molecule has 0 aliphatic carbocycles. The lowest BCUT2D eigenvalue weighted by Gasteiger charge is -2.31. The van der Waals surface area contributed by atoms with Crippen LogP contribution < -0.4 is 4.74 Å². The highest BCUT2D eigenvalue weighted by Gasteiger charge is 2.33. The van der Waals surface area contributed by atoms with E-state index in [2.05, 4.69) is 0 Å². The number of hydrogen-bond donors (Lipinski definition) is 2. The van der Waals surface area contributed by atoms with Gasteiger partial charge in [0.15, 0.2) is 0 Å². The highest BCUT2D eigenvalue weighted by atomic mass is 16.5. The molecule has 0 saturated carbocycles. The number of ether oxygens (including phenoxy) is 1. The molecule has 0 bridgehead atoms. The van der Waals surface area contributed by atoms with Crippen LogP contribution in [0.5, 0.6) is 5.75 Å². The Balaban J connectivity index is 2.95. The van der Waals surface area contributed by atoms with Gasteiger partial charge in [-0.1, -0.05) is 26.0 Å². The number of rotatable bonds is 6. The Bertz CT molecular complexity index is 345. The quantitative estimate of drug-likeness (QED) is 0.801. The van der Waals surface area contributed by atoms with Gasteiger partial charge >= 0.3 is 0 Å². The van der Waals surface area contributed by atoms with Crippen LogP contribution in [0.2, 0.25) is 0 Å². The zero-order valence-electron chi connectivity index (χ0n) is 10.8. The molecule has 0 aliphatic heterocycles. The zero-order valence-corrected chi connectivity index (χ0v) is 10.8. The summed E-state index contributed by atoms with van der Waals surface area (Å²) < 4.78 is 5.38. The van der Waals surface area contributed by atoms with Gasteiger partial charge in [0.1, 0.15) is 11.9 Å². The second kappa shape index (κ2) is 6.03. The lowest BCUT2D eigenvalue weighted by Crippen LogP contribution is -2.34. The molecule has 0 heterocycles. The van der Waals surface area contributed by atoms with Gasteiger partial charge in [0, 0.05) is 0 Å². The molecule has 1 aromatic carbocycles. The molecular formula is C14H22O3. The van der Waals surface area contributed by atoms with Gasteiger partial charge in [0.05, 0.1) is 12.2 Å². The normalized spacial score (nSPS) is 13.5. The summed E-state index contributed by atoms with van der Waals surface area (Å²) in [4.78, 5) is 0. The van der Waals surface area contributed by atoms with Gasteiger partial charge in [-0.15, -0.1) is 0 Å². The number of aliphatic hydroxyl groups excluding tert-OH is 1. The van der Waals surface area contributed by atoms with E-state index in [4.69, 9.17) is 4.74 Å². The summed E-state index contributed by atoms with van der Waals surface area (Å²) in [7, 11) is 0. The molecule has 0 aromatic heterocycles. The second-order valence-corrected chi connectivity index (χ2v) is 4.22. The van der Waals surface area contributed by atoms with Crippen LogP contribution in [0.15, 0.2) is 24.3 Å². The zero-order chi connectivity index (χ0) is 12.9. The maximum atomic E-state index is 10.3. The Hall–Kier alpha value is -1.06. The molecule has 1 unspecified atom stereocenters. The van der Waals surface area contributed by atoms with Crippen LogP contribution in [0.3, 0.4) is 0 Å². The molecular weight excluding hydrogens is 216 g/mol. The summed E-state index contributed by atoms with van der Waals surface area (Å²) in [5.74, 6) is 0.721. The van der Waals surface area contributed by atoms with Crippen molar-refractivity contribution in [1.29, 1.82) is 0 Å². The number of aliphatic hydroxyl groups is 2. The minimum Gasteiger partial charge on any atom is -0.494 e. The first kappa shape index (κ1) is 14.0. The van der Waals surface area contributed by atoms with Crippen molar-refractivity contribution in [2.45, 2.75) is 45.3 Å². The maximum absolute atomic E-state index is 10.3. The van der Waals surface area contributed by atoms with Crippen LogP contribution in [-0.2, 0) is 0 Å². The van der Waals surface area contributed by atoms with Crippen molar-refractivity contribution in [2.75, 3.05) is 6.61 Å². The topological polar surface area (TPSA) is 49.7 Å². The smallest absolute Gasteiger partial charge is 0.119 e. The Morgan fingerprint density at radius 1 is 1.24 bits per heavy atom. The molecule has 17 heavy (non-hydrogen) atoms. The van der Waals surface area contributed by atoms with Crippen LogP contribution in [0.25, 0.3) is 0 Å². The highest BCUT2D eigenvalue weighted by molar-refractivity contribution is 5.31. The SMILES string of the molecule is CCOc1cccc(C(O)C(O)(CC)CC)c1. The van der Waals surface area contributed by atoms with Crippen molar-refractivity contribution in [1.82, 2.24) is 0 Å². The molecule has 0 saturated heterocycles. The van der Waals surface area contributed by atoms with Gasteiger partial charge in [0.25, 0.3) is 0 Å². The number of benzene rings is 1. The first-order valence-corrected chi connectivity index (χ1v) is 6.20. The third-order valence-electron chi connectivity index (χ3n) is 3.22. The summed E-state index contributed by atoms with van der Waals surface area (Å²) in [6.07, 6.45) is 0.158. The molecule has 0 radical (unpaired) electrons. The van der Waals surface area contributed by atoms with Crippen LogP contribution >= 0.6 is 0 Å². The lowest BCUT2D eigenvalue weighted by molar-refractivity contribution is -0.0821. The first-order valence-electron chi connectivity index (χ1n) is 6.20. The van der Waals surface area contributed by atoms with Crippen LogP contribution in [0.1, 0.15) is 45.3 Å². The molecule has 2 N–H and O–H groups in total. The average molecular weight is 238 g/mol. The standard InChI is InChI=1S/C14H22O3/c1-4-14(16,5-2)13(15)11-8-7-9-12(10-11)17-6-3/h7-10,13,15-16H,4-6H2,1-3H3. The Morgan fingerprint density at radius 3 is 2.41 bits per heavy atom. The van der Waals surface area contributed by atoms with Crippen LogP contribution in [-0.4, -0.2) is 22.4 Å². The summed E-state index contributed by atoms with van der Waals surface area (Å²) >= 11 is 0. The van der Waals surface area contributed by atoms with Crippen molar-refractivity contribution in [3.63, 3.8) is 0 Å². The third kappa shape index (κ3) is 3.20. The van der Waals surface area contributed by atoms with E-state index in [-0.39, 0.29) is 0 Å². The van der Waals surface area contributed by atoms with E-state index in [0.717, 1.165) is 5.75 Å². The molecule has 3 nitrogen and oxygen atoms in total. The summed E-state index contributed by atoms with van der Waals surface area (Å²) in [6, 6.07) is 7.26. The van der Waals surface area contributed by atoms with Crippen molar-refractivity contribution in [3.8, 4) is 5.75 Å². The van der Waals surface area contributed by atoms with E-state index in [1.807, 2.05) is 39.0 Å². The van der Waals surface area contributed by atoms with E-state index in [1.54, 1.807) is 6.07 Å². The molecule has 3 heteroatoms. The summed E-state index contributed by atoms with van der Waals surface area (Å²) in [5.41, 5.74) is -0.368. The third-order valence-corrected chi connectivity index (χ3v) is 3.22. The van der Waals surface area contributed by atoms with E-state index in [0.29, 0.717) is 25.0 Å². The van der Waals surface area contributed by atoms with Gasteiger partial charge in [0.2, 0.25) is 0 Å². The minimum absolute atomic E-state index is 0.517. The predicted molar refractivity (Wildman–Crippen MR) is 68.1 cm³/mol. The fourth-order valence-electron chi connectivity index (χ4n) is 1.89. The van der Waals surface area contributed by atoms with E-state index in [1.165, 1.54) is 0 Å². The van der Waals surface area contributed by atoms with Gasteiger partial charge in [-0.3, -0.25) is 0 Å². The Kier molecular flexibility index (Phi) is 4.97. The average Bonchev–Trinajstić information content (AvgIpc) is 2.37. The molecule has 0 spiro atoms. The van der Waals surface area contributed by atoms with Crippen molar-refractivity contribution in [2.24, 2.45) is 0 Å². The van der Waals surface area contributed by atoms with Crippen molar-refractivity contribution < 1.29 is 14.9 Å². The summed E-state index contributed by atoms with van der Waals surface area (Å²) in [5, 5.41) is 20.5. The molecule has 1 rings (SSSR count). The van der Waals surface area contributed by atoms with E-state index in [9.17, 15) is 10.2 Å². The Morgan fingerprint density at radius 2 is 1.88 bits per heavy atom. The maximum Gasteiger partial charge on any atom is 0.119 e. The fraction of sp³-hybridized carbons (Fsp3) is 0.571. The fourth-order valence-corrected chi connectivity index (χ4v) is 1.89. The monoisotopic (exact) mass is 238 g/mol. The molecule has 0 aliphatic rings. The molecule has 0 amide bonds. The van der Waals surface area contributed by atoms with Gasteiger partial charge in [-0.2, -0.15) is 0 Å². The van der Waals surface area contributed by atoms with Gasteiger partial charge in [-0.25, -0.2) is 0 Å². The number of hydrogen-bond acceptors (Lipinski definition) is 3. The van der Waals surface area contributed by atoms with Gasteiger partial charge in [-0.05, 0) is 37.5 Å². The van der Waals surface area contributed by atoms with Crippen LogP contribution in [0.4, 0.5) is 0 Å². The molecule has 96 valence electrons. The second-order valence-electron chi connectivity index (χ2n) is 4.22. The van der Waals surface area contributed by atoms with E-state index >= 15 is 0 Å². The molecule has 1 aromatic rings. The highest BCUT2D eigenvalue weighted by Crippen LogP contribution is 2.32. The largest absolute Gasteiger partial charge is 0.494 e. The van der Waals surface area contributed by atoms with Gasteiger partial charge < -0.3 is 14.9 Å². The minimum atomic E-state index is -1.06. The lowest BCUT2D eigenvalue weighted by atomic mass is 9.86.